The zero-order valence-electron chi connectivity index (χ0n) is 15.2. The van der Waals surface area contributed by atoms with Gasteiger partial charge < -0.3 is 20.8 Å². The van der Waals surface area contributed by atoms with E-state index < -0.39 is 17.6 Å². The summed E-state index contributed by atoms with van der Waals surface area (Å²) in [5.41, 5.74) is 6.68. The molecule has 26 heavy (non-hydrogen) atoms. The van der Waals surface area contributed by atoms with Gasteiger partial charge in [-0.25, -0.2) is 4.79 Å². The van der Waals surface area contributed by atoms with Crippen LogP contribution in [-0.4, -0.2) is 40.5 Å². The van der Waals surface area contributed by atoms with Crippen molar-refractivity contribution in [2.75, 3.05) is 7.05 Å². The second-order valence-electron chi connectivity index (χ2n) is 6.67. The second-order valence-corrected chi connectivity index (χ2v) is 6.67. The molecule has 0 unspecified atom stereocenters. The van der Waals surface area contributed by atoms with Crippen LogP contribution < -0.4 is 11.1 Å². The number of rotatable bonds is 3. The molecule has 1 aromatic carbocycles. The van der Waals surface area contributed by atoms with E-state index in [-0.39, 0.29) is 24.9 Å². The van der Waals surface area contributed by atoms with Gasteiger partial charge in [-0.2, -0.15) is 0 Å². The smallest absolute Gasteiger partial charge is 0.407 e. The van der Waals surface area contributed by atoms with Crippen molar-refractivity contribution in [1.29, 1.82) is 5.41 Å². The van der Waals surface area contributed by atoms with Gasteiger partial charge in [0.05, 0.1) is 0 Å². The van der Waals surface area contributed by atoms with Crippen LogP contribution in [0.15, 0.2) is 24.3 Å². The van der Waals surface area contributed by atoms with Crippen LogP contribution in [0.3, 0.4) is 0 Å². The molecule has 0 aliphatic heterocycles. The maximum absolute atomic E-state index is 12.3. The fourth-order valence-corrected chi connectivity index (χ4v) is 2.26. The molecule has 9 heteroatoms. The van der Waals surface area contributed by atoms with Gasteiger partial charge in [-0.1, -0.05) is 12.1 Å². The maximum Gasteiger partial charge on any atom is 0.407 e. The van der Waals surface area contributed by atoms with Crippen molar-refractivity contribution in [3.05, 3.63) is 35.5 Å². The zero-order valence-corrected chi connectivity index (χ0v) is 16.0. The van der Waals surface area contributed by atoms with Gasteiger partial charge in [-0.15, -0.1) is 12.4 Å². The number of carbonyl (C=O) groups excluding carboxylic acids is 2. The minimum atomic E-state index is -0.568. The van der Waals surface area contributed by atoms with E-state index in [4.69, 9.17) is 15.9 Å². The second kappa shape index (κ2) is 8.09. The summed E-state index contributed by atoms with van der Waals surface area (Å²) in [7, 11) is 1.43. The summed E-state index contributed by atoms with van der Waals surface area (Å²) in [6.45, 7) is 5.65. The van der Waals surface area contributed by atoms with Crippen molar-refractivity contribution >= 4 is 41.3 Å². The number of alkyl carbamates (subject to hydrolysis) is 1. The van der Waals surface area contributed by atoms with Crippen LogP contribution in [0.2, 0.25) is 0 Å². The summed E-state index contributed by atoms with van der Waals surface area (Å²) in [5, 5.41) is 10.9. The Balaban J connectivity index is 0.00000338. The van der Waals surface area contributed by atoms with E-state index in [0.717, 1.165) is 21.4 Å². The minimum absolute atomic E-state index is 0. The Morgan fingerprint density at radius 3 is 2.58 bits per heavy atom. The van der Waals surface area contributed by atoms with Crippen LogP contribution in [0.4, 0.5) is 4.79 Å². The number of H-pyrrole nitrogens is 1. The van der Waals surface area contributed by atoms with Gasteiger partial charge in [-0.3, -0.25) is 15.1 Å². The van der Waals surface area contributed by atoms with E-state index in [0.29, 0.717) is 5.69 Å². The molecule has 1 aromatic heterocycles. The Kier molecular flexibility index (Phi) is 6.63. The Morgan fingerprint density at radius 1 is 1.35 bits per heavy atom. The highest BCUT2D eigenvalue weighted by Crippen LogP contribution is 2.21. The highest BCUT2D eigenvalue weighted by Gasteiger charge is 2.18. The van der Waals surface area contributed by atoms with Gasteiger partial charge >= 0.3 is 6.09 Å². The number of ether oxygens (including phenoxy) is 1. The number of aromatic amines is 1. The van der Waals surface area contributed by atoms with E-state index in [9.17, 15) is 9.59 Å². The maximum atomic E-state index is 12.3. The first-order valence-electron chi connectivity index (χ1n) is 7.78. The number of amides is 2. The van der Waals surface area contributed by atoms with Gasteiger partial charge in [-0.05, 0) is 38.5 Å². The molecule has 0 saturated carbocycles. The first-order valence-corrected chi connectivity index (χ1v) is 7.78. The number of carbonyl (C=O) groups is 2. The van der Waals surface area contributed by atoms with Gasteiger partial charge in [0.1, 0.15) is 11.3 Å². The van der Waals surface area contributed by atoms with Crippen LogP contribution >= 0.6 is 12.4 Å². The third-order valence-electron chi connectivity index (χ3n) is 3.47. The van der Waals surface area contributed by atoms with Crippen LogP contribution in [0, 0.1) is 5.41 Å². The summed E-state index contributed by atoms with van der Waals surface area (Å²) in [4.78, 5) is 28.1. The van der Waals surface area contributed by atoms with Gasteiger partial charge in [0.15, 0.2) is 5.96 Å². The first kappa shape index (κ1) is 21.3. The summed E-state index contributed by atoms with van der Waals surface area (Å²) < 4.78 is 5.22. The lowest BCUT2D eigenvalue weighted by Gasteiger charge is -2.19. The molecule has 0 saturated heterocycles. The molecule has 2 amide bonds. The van der Waals surface area contributed by atoms with E-state index in [1.54, 1.807) is 26.8 Å². The van der Waals surface area contributed by atoms with E-state index >= 15 is 0 Å². The number of halogens is 1. The molecular weight excluding hydrogens is 358 g/mol. The van der Waals surface area contributed by atoms with E-state index in [1.807, 2.05) is 18.2 Å². The summed E-state index contributed by atoms with van der Waals surface area (Å²) in [6.07, 6.45) is -0.507. The molecule has 2 rings (SSSR count). The number of aromatic nitrogens is 1. The van der Waals surface area contributed by atoms with Crippen molar-refractivity contribution in [2.24, 2.45) is 5.73 Å². The van der Waals surface area contributed by atoms with Gasteiger partial charge in [0, 0.05) is 24.5 Å². The first-order chi connectivity index (χ1) is 11.6. The summed E-state index contributed by atoms with van der Waals surface area (Å²) in [6, 6.07) is 7.20. The van der Waals surface area contributed by atoms with Crippen molar-refractivity contribution in [3.63, 3.8) is 0 Å². The van der Waals surface area contributed by atoms with Crippen LogP contribution in [0.25, 0.3) is 10.9 Å². The molecule has 0 fully saturated rings. The Hall–Kier alpha value is -2.74. The zero-order chi connectivity index (χ0) is 18.8. The number of fused-ring (bicyclic) bond motifs is 1. The van der Waals surface area contributed by atoms with Gasteiger partial charge in [0.25, 0.3) is 5.91 Å². The Labute approximate surface area is 158 Å². The summed E-state index contributed by atoms with van der Waals surface area (Å²) >= 11 is 0. The highest BCUT2D eigenvalue weighted by molar-refractivity contribution is 6.05. The largest absolute Gasteiger partial charge is 0.444 e. The molecule has 5 N–H and O–H groups in total. The molecule has 2 aromatic rings. The third kappa shape index (κ3) is 5.13. The number of nitrogens with zero attached hydrogens (tertiary/aromatic N) is 1. The fourth-order valence-electron chi connectivity index (χ4n) is 2.26. The van der Waals surface area contributed by atoms with Crippen LogP contribution in [-0.2, 0) is 11.3 Å². The molecule has 1 heterocycles. The number of guanidine groups is 1. The normalized spacial score (nSPS) is 10.8. The average molecular weight is 382 g/mol. The van der Waals surface area contributed by atoms with Crippen molar-refractivity contribution in [1.82, 2.24) is 15.2 Å². The average Bonchev–Trinajstić information content (AvgIpc) is 2.94. The van der Waals surface area contributed by atoms with Crippen molar-refractivity contribution in [2.45, 2.75) is 32.9 Å². The van der Waals surface area contributed by atoms with Crippen LogP contribution in [0.5, 0.6) is 0 Å². The standard InChI is InChI=1S/C17H23N5O3.ClH/c1-17(2,3)25-16(24)20-9-10-6-5-7-12-11(10)8-13(21-12)14(23)22(4)15(18)19;/h5-8,21H,9H2,1-4H3,(H3,18,19)(H,20,24);1H. The molecule has 0 aliphatic rings. The predicted octanol–water partition coefficient (Wildman–Crippen LogP) is 2.58. The van der Waals surface area contributed by atoms with Crippen molar-refractivity contribution in [3.8, 4) is 0 Å². The number of nitrogens with one attached hydrogen (secondary N) is 3. The summed E-state index contributed by atoms with van der Waals surface area (Å²) in [5.74, 6) is -0.745. The number of hydrogen-bond acceptors (Lipinski definition) is 4. The molecule has 0 bridgehead atoms. The van der Waals surface area contributed by atoms with Gasteiger partial charge in [0.2, 0.25) is 0 Å². The fraction of sp³-hybridized carbons (Fsp3) is 0.353. The Bertz CT molecular complexity index is 825. The van der Waals surface area contributed by atoms with Crippen LogP contribution in [0.1, 0.15) is 36.8 Å². The molecule has 0 aliphatic carbocycles. The number of nitrogens with two attached hydrogens (primary N) is 1. The highest BCUT2D eigenvalue weighted by atomic mass is 35.5. The molecule has 142 valence electrons. The van der Waals surface area contributed by atoms with Crippen molar-refractivity contribution < 1.29 is 14.3 Å². The topological polar surface area (TPSA) is 124 Å². The lowest BCUT2D eigenvalue weighted by molar-refractivity contribution is 0.0523. The van der Waals surface area contributed by atoms with E-state index in [1.165, 1.54) is 7.05 Å². The SMILES string of the molecule is CN(C(=N)N)C(=O)c1cc2c(CNC(=O)OC(C)(C)C)cccc2[nH]1.Cl. The lowest BCUT2D eigenvalue weighted by atomic mass is 10.1. The molecule has 0 spiro atoms. The van der Waals surface area contributed by atoms with E-state index in [2.05, 4.69) is 10.3 Å². The quantitative estimate of drug-likeness (QED) is 0.481. The molecular formula is C17H24ClN5O3. The molecule has 0 atom stereocenters. The number of benzene rings is 1. The molecule has 8 nitrogen and oxygen atoms in total. The monoisotopic (exact) mass is 381 g/mol. The Morgan fingerprint density at radius 2 is 2.00 bits per heavy atom. The molecule has 0 radical (unpaired) electrons. The predicted molar refractivity (Wildman–Crippen MR) is 103 cm³/mol. The number of hydrogen-bond donors (Lipinski definition) is 4. The minimum Gasteiger partial charge on any atom is -0.444 e. The third-order valence-corrected chi connectivity index (χ3v) is 3.47. The lowest BCUT2D eigenvalue weighted by Crippen LogP contribution is -2.38.